The lowest BCUT2D eigenvalue weighted by Crippen LogP contribution is -1.76. The first kappa shape index (κ1) is 10.7. The predicted octanol–water partition coefficient (Wildman–Crippen LogP) is 3.85. The Morgan fingerprint density at radius 3 is 3.14 bits per heavy atom. The molecule has 0 aliphatic heterocycles. The van der Waals surface area contributed by atoms with E-state index >= 15 is 0 Å². The second kappa shape index (κ2) is 4.79. The molecule has 0 N–H and O–H groups in total. The van der Waals surface area contributed by atoms with E-state index in [9.17, 15) is 0 Å². The Bertz CT molecular complexity index is 529. The summed E-state index contributed by atoms with van der Waals surface area (Å²) >= 11 is 7.01. The van der Waals surface area contributed by atoms with Gasteiger partial charge < -0.3 is 0 Å². The van der Waals surface area contributed by atoms with Crippen LogP contribution < -0.4 is 0 Å². The Balaban J connectivity index is 2.67. The number of aromatic nitrogens is 2. The van der Waals surface area contributed by atoms with Crippen molar-refractivity contribution in [1.82, 2.24) is 9.36 Å². The lowest BCUT2D eigenvalue weighted by Gasteiger charge is -1.91. The number of pyridine rings is 1. The molecule has 2 nitrogen and oxygen atoms in total. The highest BCUT2D eigenvalue weighted by Gasteiger charge is 2.07. The van der Waals surface area contributed by atoms with E-state index < -0.39 is 0 Å². The molecule has 70 valence electrons. The number of nitrogens with zero attached hydrogens (tertiary/aromatic N) is 2. The van der Waals surface area contributed by atoms with Crippen LogP contribution in [0.4, 0.5) is 0 Å². The Hall–Kier alpha value is 0.160. The minimum atomic E-state index is 0.823. The average molecular weight is 397 g/mol. The van der Waals surface area contributed by atoms with E-state index in [0.717, 1.165) is 20.3 Å². The topological polar surface area (TPSA) is 25.8 Å². The normalized spacial score (nSPS) is 9.86. The number of hydrogen-bond donors (Lipinski definition) is 0. The van der Waals surface area contributed by atoms with Crippen molar-refractivity contribution < 1.29 is 0 Å². The Morgan fingerprint density at radius 1 is 1.50 bits per heavy atom. The zero-order valence-corrected chi connectivity index (χ0v) is 12.0. The molecular formula is C8H2BrIN2S2. The van der Waals surface area contributed by atoms with Gasteiger partial charge in [-0.2, -0.15) is 4.37 Å². The van der Waals surface area contributed by atoms with Crippen LogP contribution in [-0.2, 0) is 0 Å². The summed E-state index contributed by atoms with van der Waals surface area (Å²) in [5.41, 5.74) is 0.823. The second-order valence-electron chi connectivity index (χ2n) is 2.33. The second-order valence-corrected chi connectivity index (χ2v) is 5.67. The van der Waals surface area contributed by atoms with Gasteiger partial charge in [0.2, 0.25) is 0 Å². The molecule has 0 unspecified atom stereocenters. The van der Waals surface area contributed by atoms with Gasteiger partial charge in [0.05, 0.1) is 4.70 Å². The third kappa shape index (κ3) is 2.05. The number of hydrogen-bond acceptors (Lipinski definition) is 4. The van der Waals surface area contributed by atoms with Crippen LogP contribution in [0.5, 0.6) is 0 Å². The minimum absolute atomic E-state index is 0.823. The lowest BCUT2D eigenvalue weighted by molar-refractivity contribution is 1.35. The van der Waals surface area contributed by atoms with Crippen molar-refractivity contribution in [2.45, 2.75) is 0 Å². The van der Waals surface area contributed by atoms with E-state index in [1.807, 2.05) is 0 Å². The molecule has 2 rings (SSSR count). The van der Waals surface area contributed by atoms with E-state index in [1.54, 1.807) is 12.4 Å². The highest BCUT2D eigenvalue weighted by molar-refractivity contribution is 14.2. The maximum absolute atomic E-state index is 4.28. The molecule has 0 aromatic carbocycles. The van der Waals surface area contributed by atoms with E-state index in [-0.39, 0.29) is 0 Å². The van der Waals surface area contributed by atoms with Crippen LogP contribution in [0, 0.1) is 11.2 Å². The minimum Gasteiger partial charge on any atom is -0.262 e. The van der Waals surface area contributed by atoms with Crippen LogP contribution in [0.3, 0.4) is 0 Å². The van der Waals surface area contributed by atoms with Crippen molar-refractivity contribution >= 4 is 67.7 Å². The fourth-order valence-electron chi connectivity index (χ4n) is 1.01. The molecule has 0 fully saturated rings. The monoisotopic (exact) mass is 396 g/mol. The molecule has 0 atom stereocenters. The van der Waals surface area contributed by atoms with Crippen molar-refractivity contribution in [3.63, 3.8) is 0 Å². The van der Waals surface area contributed by atoms with Crippen molar-refractivity contribution in [1.29, 1.82) is 0 Å². The summed E-state index contributed by atoms with van der Waals surface area (Å²) in [5.74, 6) is 3.01. The van der Waals surface area contributed by atoms with Crippen molar-refractivity contribution in [3.8, 4) is 11.2 Å². The third-order valence-corrected chi connectivity index (χ3v) is 3.77. The van der Waals surface area contributed by atoms with Gasteiger partial charge in [0.15, 0.2) is 0 Å². The van der Waals surface area contributed by atoms with Crippen LogP contribution in [0.15, 0.2) is 16.9 Å². The Kier molecular flexibility index (Phi) is 3.65. The van der Waals surface area contributed by atoms with E-state index in [1.165, 1.54) is 20.5 Å². The molecule has 14 heavy (non-hydrogen) atoms. The third-order valence-electron chi connectivity index (χ3n) is 1.54. The molecule has 2 heterocycles. The van der Waals surface area contributed by atoms with Gasteiger partial charge in [-0.05, 0) is 47.6 Å². The van der Waals surface area contributed by atoms with Crippen LogP contribution in [0.25, 0.3) is 10.1 Å². The molecule has 0 spiro atoms. The smallest absolute Gasteiger partial charge is 0.137 e. The van der Waals surface area contributed by atoms with Gasteiger partial charge in [-0.25, -0.2) is 0 Å². The van der Waals surface area contributed by atoms with Gasteiger partial charge in [-0.1, -0.05) is 0 Å². The van der Waals surface area contributed by atoms with Crippen molar-refractivity contribution in [2.24, 2.45) is 0 Å². The molecule has 0 radical (unpaired) electrons. The molecule has 2 aromatic rings. The molecule has 6 heteroatoms. The average Bonchev–Trinajstić information content (AvgIpc) is 2.59. The first-order valence-corrected chi connectivity index (χ1v) is 8.43. The molecular weight excluding hydrogens is 395 g/mol. The molecule has 0 aliphatic rings. The Morgan fingerprint density at radius 2 is 2.36 bits per heavy atom. The first-order valence-electron chi connectivity index (χ1n) is 3.50. The van der Waals surface area contributed by atoms with Gasteiger partial charge in [-0.3, -0.25) is 4.98 Å². The summed E-state index contributed by atoms with van der Waals surface area (Å²) in [6, 6.07) is 0. The SMILES string of the molecule is Brc1cncc2snc(C#CSI)c12. The highest BCUT2D eigenvalue weighted by atomic mass is 127. The van der Waals surface area contributed by atoms with Crippen LogP contribution in [0.2, 0.25) is 0 Å². The number of halogens is 2. The number of fused-ring (bicyclic) bond motifs is 1. The van der Waals surface area contributed by atoms with Gasteiger partial charge in [0, 0.05) is 43.5 Å². The zero-order chi connectivity index (χ0) is 9.97. The fraction of sp³-hybridized carbons (Fsp3) is 0. The predicted molar refractivity (Wildman–Crippen MR) is 73.6 cm³/mol. The summed E-state index contributed by atoms with van der Waals surface area (Å²) in [6.45, 7) is 0. The van der Waals surface area contributed by atoms with Crippen LogP contribution in [-0.4, -0.2) is 9.36 Å². The zero-order valence-electron chi connectivity index (χ0n) is 6.62. The Labute approximate surface area is 110 Å². The molecule has 0 saturated carbocycles. The standard InChI is InChI=1S/C8H2BrIN2S2/c9-5-3-11-4-7-8(5)6(12-14-7)1-2-13-10/h3-4H. The van der Waals surface area contributed by atoms with Gasteiger partial charge in [0.25, 0.3) is 0 Å². The van der Waals surface area contributed by atoms with E-state index in [4.69, 9.17) is 0 Å². The summed E-state index contributed by atoms with van der Waals surface area (Å²) in [7, 11) is 1.46. The number of rotatable bonds is 0. The summed E-state index contributed by atoms with van der Waals surface area (Å²) in [6.07, 6.45) is 3.57. The van der Waals surface area contributed by atoms with Gasteiger partial charge in [0.1, 0.15) is 5.69 Å². The molecule has 0 amide bonds. The lowest BCUT2D eigenvalue weighted by atomic mass is 10.3. The highest BCUT2D eigenvalue weighted by Crippen LogP contribution is 2.28. The maximum Gasteiger partial charge on any atom is 0.137 e. The summed E-state index contributed by atoms with van der Waals surface area (Å²) in [4.78, 5) is 4.07. The van der Waals surface area contributed by atoms with Crippen molar-refractivity contribution in [2.75, 3.05) is 0 Å². The van der Waals surface area contributed by atoms with Crippen LogP contribution in [0.1, 0.15) is 5.69 Å². The van der Waals surface area contributed by atoms with Gasteiger partial charge >= 0.3 is 0 Å². The molecule has 0 saturated heterocycles. The maximum atomic E-state index is 4.28. The quantitative estimate of drug-likeness (QED) is 0.499. The fourth-order valence-corrected chi connectivity index (χ4v) is 2.86. The van der Waals surface area contributed by atoms with E-state index in [2.05, 4.69) is 57.7 Å². The van der Waals surface area contributed by atoms with E-state index in [0.29, 0.717) is 0 Å². The molecule has 2 aromatic heterocycles. The summed E-state index contributed by atoms with van der Waals surface area (Å²) in [5, 5.41) is 3.98. The largest absolute Gasteiger partial charge is 0.262 e. The first-order chi connectivity index (χ1) is 6.83. The molecule has 0 aliphatic carbocycles. The molecule has 0 bridgehead atoms. The van der Waals surface area contributed by atoms with Crippen molar-refractivity contribution in [3.05, 3.63) is 22.6 Å². The van der Waals surface area contributed by atoms with Crippen LogP contribution >= 0.6 is 57.6 Å². The summed E-state index contributed by atoms with van der Waals surface area (Å²) < 4.78 is 6.28. The van der Waals surface area contributed by atoms with Gasteiger partial charge in [-0.15, -0.1) is 0 Å².